The molecular formula is C15H18N4O2S2. The molecule has 122 valence electrons. The molecule has 0 spiro atoms. The summed E-state index contributed by atoms with van der Waals surface area (Å²) in [5, 5.41) is 11.2. The molecule has 5 rings (SSSR count). The van der Waals surface area contributed by atoms with Crippen molar-refractivity contribution in [3.8, 4) is 0 Å². The zero-order valence-corrected chi connectivity index (χ0v) is 14.4. The van der Waals surface area contributed by atoms with Crippen LogP contribution in [-0.4, -0.2) is 46.2 Å². The molecule has 0 aliphatic carbocycles. The largest absolute Gasteiger partial charge is 0.419 e. The highest BCUT2D eigenvalue weighted by Gasteiger charge is 2.40. The summed E-state index contributed by atoms with van der Waals surface area (Å²) in [6, 6.07) is 4.48. The number of thiophene rings is 1. The number of hydrogen-bond acceptors (Lipinski definition) is 7. The van der Waals surface area contributed by atoms with E-state index in [1.54, 1.807) is 0 Å². The summed E-state index contributed by atoms with van der Waals surface area (Å²) in [5.41, 5.74) is 0. The maximum Gasteiger partial charge on any atom is 0.282 e. The molecule has 3 aliphatic heterocycles. The Bertz CT molecular complexity index is 677. The van der Waals surface area contributed by atoms with Gasteiger partial charge in [-0.2, -0.15) is 0 Å². The van der Waals surface area contributed by atoms with Crippen LogP contribution in [0.5, 0.6) is 0 Å². The summed E-state index contributed by atoms with van der Waals surface area (Å²) in [6.07, 6.45) is 3.69. The predicted molar refractivity (Wildman–Crippen MR) is 87.8 cm³/mol. The zero-order chi connectivity index (χ0) is 15.8. The van der Waals surface area contributed by atoms with E-state index in [1.807, 2.05) is 12.1 Å². The lowest BCUT2D eigenvalue weighted by atomic mass is 9.79. The van der Waals surface area contributed by atoms with Crippen LogP contribution in [0.4, 0.5) is 0 Å². The molecule has 1 N–H and O–H groups in total. The molecule has 1 amide bonds. The number of hydrogen-bond donors (Lipinski definition) is 1. The van der Waals surface area contributed by atoms with Gasteiger partial charge in [0, 0.05) is 12.1 Å². The van der Waals surface area contributed by atoms with Crippen molar-refractivity contribution in [1.82, 2.24) is 20.4 Å². The second kappa shape index (κ2) is 6.26. The van der Waals surface area contributed by atoms with Gasteiger partial charge in [-0.1, -0.05) is 0 Å². The fourth-order valence-electron chi connectivity index (χ4n) is 3.56. The Morgan fingerprint density at radius 2 is 2.26 bits per heavy atom. The lowest BCUT2D eigenvalue weighted by molar-refractivity contribution is 0.0218. The Hall–Kier alpha value is -1.38. The first-order chi connectivity index (χ1) is 11.2. The summed E-state index contributed by atoms with van der Waals surface area (Å²) in [4.78, 5) is 15.8. The minimum Gasteiger partial charge on any atom is -0.419 e. The van der Waals surface area contributed by atoms with Gasteiger partial charge in [0.05, 0.1) is 9.09 Å². The number of nitrogens with zero attached hydrogens (tertiary/aromatic N) is 3. The van der Waals surface area contributed by atoms with Crippen molar-refractivity contribution >= 4 is 29.0 Å². The highest BCUT2D eigenvalue weighted by Crippen LogP contribution is 2.34. The Morgan fingerprint density at radius 3 is 2.96 bits per heavy atom. The van der Waals surface area contributed by atoms with Crippen LogP contribution in [0.25, 0.3) is 0 Å². The summed E-state index contributed by atoms with van der Waals surface area (Å²) in [7, 11) is 0. The second-order valence-electron chi connectivity index (χ2n) is 6.04. The number of nitrogens with one attached hydrogen (secondary N) is 1. The molecule has 0 aromatic carbocycles. The van der Waals surface area contributed by atoms with Crippen molar-refractivity contribution in [2.45, 2.75) is 41.3 Å². The van der Waals surface area contributed by atoms with E-state index >= 15 is 0 Å². The molecule has 5 heterocycles. The van der Waals surface area contributed by atoms with E-state index in [-0.39, 0.29) is 11.9 Å². The van der Waals surface area contributed by atoms with Gasteiger partial charge in [-0.3, -0.25) is 9.69 Å². The summed E-state index contributed by atoms with van der Waals surface area (Å²) in [6.45, 7) is 4.56. The molecule has 2 bridgehead atoms. The van der Waals surface area contributed by atoms with Gasteiger partial charge in [-0.05, 0) is 62.7 Å². The fraction of sp³-hybridized carbons (Fsp3) is 0.533. The molecule has 2 atom stereocenters. The second-order valence-corrected chi connectivity index (χ2v) is 8.37. The van der Waals surface area contributed by atoms with Crippen molar-refractivity contribution in [3.05, 3.63) is 23.4 Å². The van der Waals surface area contributed by atoms with Crippen LogP contribution >= 0.6 is 23.1 Å². The first-order valence-electron chi connectivity index (χ1n) is 7.79. The molecule has 3 saturated heterocycles. The van der Waals surface area contributed by atoms with Gasteiger partial charge in [0.2, 0.25) is 6.39 Å². The molecule has 6 nitrogen and oxygen atoms in total. The Morgan fingerprint density at radius 1 is 1.43 bits per heavy atom. The van der Waals surface area contributed by atoms with Gasteiger partial charge in [0.15, 0.2) is 0 Å². The third-order valence-corrected chi connectivity index (χ3v) is 6.88. The summed E-state index contributed by atoms with van der Waals surface area (Å²) >= 11 is 2.84. The molecule has 23 heavy (non-hydrogen) atoms. The van der Waals surface area contributed by atoms with Crippen molar-refractivity contribution < 1.29 is 9.21 Å². The molecule has 2 aromatic rings. The molecule has 0 unspecified atom stereocenters. The van der Waals surface area contributed by atoms with Crippen LogP contribution in [0.2, 0.25) is 0 Å². The van der Waals surface area contributed by atoms with Crippen molar-refractivity contribution in [2.24, 2.45) is 5.92 Å². The minimum atomic E-state index is 0.0259. The summed E-state index contributed by atoms with van der Waals surface area (Å²) in [5.74, 6) is 0.643. The molecule has 2 aromatic heterocycles. The van der Waals surface area contributed by atoms with E-state index < -0.39 is 0 Å². The molecular weight excluding hydrogens is 332 g/mol. The van der Waals surface area contributed by atoms with E-state index in [9.17, 15) is 4.79 Å². The van der Waals surface area contributed by atoms with Gasteiger partial charge in [-0.25, -0.2) is 0 Å². The van der Waals surface area contributed by atoms with Crippen molar-refractivity contribution in [2.75, 3.05) is 13.1 Å². The van der Waals surface area contributed by atoms with Gasteiger partial charge < -0.3 is 9.73 Å². The fourth-order valence-corrected chi connectivity index (χ4v) is 5.34. The number of piperidine rings is 3. The average Bonchev–Trinajstić information content (AvgIpc) is 3.23. The van der Waals surface area contributed by atoms with Crippen LogP contribution in [0.15, 0.2) is 32.4 Å². The molecule has 0 saturated carbocycles. The van der Waals surface area contributed by atoms with Crippen LogP contribution in [0.3, 0.4) is 0 Å². The molecule has 3 aliphatic rings. The monoisotopic (exact) mass is 350 g/mol. The average molecular weight is 350 g/mol. The quantitative estimate of drug-likeness (QED) is 0.913. The van der Waals surface area contributed by atoms with Gasteiger partial charge in [-0.15, -0.1) is 21.5 Å². The normalized spacial score (nSPS) is 29.6. The molecule has 3 fully saturated rings. The van der Waals surface area contributed by atoms with Crippen LogP contribution in [0.1, 0.15) is 29.4 Å². The van der Waals surface area contributed by atoms with Gasteiger partial charge in [0.1, 0.15) is 0 Å². The lowest BCUT2D eigenvalue weighted by Crippen LogP contribution is -2.62. The third-order valence-electron chi connectivity index (χ3n) is 4.81. The third kappa shape index (κ3) is 3.02. The SMILES string of the molecule is C[C@H]1[C@H](NC(=O)c2ccc(Sc3nnco3)s2)C2CCN1CC2. The van der Waals surface area contributed by atoms with E-state index in [1.165, 1.54) is 55.4 Å². The number of aromatic nitrogens is 2. The maximum absolute atomic E-state index is 12.6. The number of carbonyl (C=O) groups is 1. The molecule has 0 radical (unpaired) electrons. The Labute approximate surface area is 142 Å². The van der Waals surface area contributed by atoms with Gasteiger partial charge in [0.25, 0.3) is 11.1 Å². The highest BCUT2D eigenvalue weighted by atomic mass is 32.2. The first kappa shape index (κ1) is 15.2. The predicted octanol–water partition coefficient (Wildman–Crippen LogP) is 2.49. The lowest BCUT2D eigenvalue weighted by Gasteiger charge is -2.49. The van der Waals surface area contributed by atoms with E-state index in [0.717, 1.165) is 9.09 Å². The number of fused-ring (bicyclic) bond motifs is 3. The number of amides is 1. The van der Waals surface area contributed by atoms with E-state index in [4.69, 9.17) is 4.42 Å². The standard InChI is InChI=1S/C15H18N4O2S2/c1-9-13(10-4-6-19(9)7-5-10)17-14(20)11-2-3-12(22-11)23-15-18-16-8-21-15/h2-3,8-10,13H,4-7H2,1H3,(H,17,20)/t9-,13-/m0/s1. The van der Waals surface area contributed by atoms with E-state index in [2.05, 4.69) is 27.3 Å². The Balaban J connectivity index is 1.42. The van der Waals surface area contributed by atoms with E-state index in [0.29, 0.717) is 17.2 Å². The first-order valence-corrected chi connectivity index (χ1v) is 9.43. The van der Waals surface area contributed by atoms with Crippen LogP contribution in [-0.2, 0) is 0 Å². The number of rotatable bonds is 4. The highest BCUT2D eigenvalue weighted by molar-refractivity contribution is 8.01. The van der Waals surface area contributed by atoms with Crippen LogP contribution < -0.4 is 5.32 Å². The van der Waals surface area contributed by atoms with Crippen molar-refractivity contribution in [1.29, 1.82) is 0 Å². The Kier molecular flexibility index (Phi) is 4.13. The topological polar surface area (TPSA) is 71.3 Å². The zero-order valence-electron chi connectivity index (χ0n) is 12.8. The number of carbonyl (C=O) groups excluding carboxylic acids is 1. The maximum atomic E-state index is 12.6. The van der Waals surface area contributed by atoms with Gasteiger partial charge >= 0.3 is 0 Å². The smallest absolute Gasteiger partial charge is 0.282 e. The summed E-state index contributed by atoms with van der Waals surface area (Å²) < 4.78 is 6.09. The molecule has 8 heteroatoms. The minimum absolute atomic E-state index is 0.0259. The van der Waals surface area contributed by atoms with Crippen LogP contribution in [0, 0.1) is 5.92 Å². The van der Waals surface area contributed by atoms with Crippen molar-refractivity contribution in [3.63, 3.8) is 0 Å².